The first kappa shape index (κ1) is 31.5. The fraction of sp³-hybridized carbons (Fsp3) is 0.209. The molecule has 0 bridgehead atoms. The normalized spacial score (nSPS) is 11.9. The first-order chi connectivity index (χ1) is 23.3. The van der Waals surface area contributed by atoms with Gasteiger partial charge in [0.15, 0.2) is 0 Å². The number of aromatic nitrogens is 1. The fourth-order valence-electron chi connectivity index (χ4n) is 7.15. The predicted molar refractivity (Wildman–Crippen MR) is 201 cm³/mol. The van der Waals surface area contributed by atoms with Crippen LogP contribution >= 0.6 is 0 Å². The SMILES string of the molecule is Cc1cc(CN(C)CCN(C)CCc2cc(C)cc(-n3c4ccccc4c4ccccc43)c2O)c(O)c(-c2cccc3ccccc23)c1. The maximum absolute atomic E-state index is 11.6. The van der Waals surface area contributed by atoms with Crippen molar-refractivity contribution in [2.45, 2.75) is 26.8 Å². The van der Waals surface area contributed by atoms with Gasteiger partial charge in [-0.2, -0.15) is 0 Å². The molecule has 0 atom stereocenters. The molecule has 6 aromatic carbocycles. The van der Waals surface area contributed by atoms with Crippen LogP contribution in [-0.2, 0) is 13.0 Å². The summed E-state index contributed by atoms with van der Waals surface area (Å²) in [5, 5.41) is 27.8. The highest BCUT2D eigenvalue weighted by molar-refractivity contribution is 6.09. The number of phenolic OH excluding ortho intramolecular Hbond substituents is 2. The second-order valence-corrected chi connectivity index (χ2v) is 13.3. The number of nitrogens with zero attached hydrogens (tertiary/aromatic N) is 3. The summed E-state index contributed by atoms with van der Waals surface area (Å²) in [6.07, 6.45) is 0.741. The number of para-hydroxylation sites is 2. The molecule has 0 aliphatic carbocycles. The van der Waals surface area contributed by atoms with Crippen LogP contribution in [0, 0.1) is 13.8 Å². The Bertz CT molecular complexity index is 2210. The zero-order chi connectivity index (χ0) is 33.4. The molecule has 7 aromatic rings. The van der Waals surface area contributed by atoms with E-state index >= 15 is 0 Å². The first-order valence-electron chi connectivity index (χ1n) is 16.8. The molecule has 0 saturated heterocycles. The van der Waals surface area contributed by atoms with Gasteiger partial charge in [-0.25, -0.2) is 0 Å². The maximum atomic E-state index is 11.6. The van der Waals surface area contributed by atoms with E-state index in [0.717, 1.165) is 81.5 Å². The molecule has 1 heterocycles. The van der Waals surface area contributed by atoms with Crippen LogP contribution in [0.2, 0.25) is 0 Å². The molecule has 0 saturated carbocycles. The quantitative estimate of drug-likeness (QED) is 0.158. The molecule has 2 N–H and O–H groups in total. The van der Waals surface area contributed by atoms with E-state index in [-0.39, 0.29) is 0 Å². The third-order valence-corrected chi connectivity index (χ3v) is 9.61. The molecule has 0 radical (unpaired) electrons. The lowest BCUT2D eigenvalue weighted by Crippen LogP contribution is -2.31. The number of phenols is 2. The van der Waals surface area contributed by atoms with Gasteiger partial charge >= 0.3 is 0 Å². The van der Waals surface area contributed by atoms with Crippen LogP contribution in [0.5, 0.6) is 11.5 Å². The van der Waals surface area contributed by atoms with E-state index in [1.165, 1.54) is 16.2 Å². The van der Waals surface area contributed by atoms with Crippen LogP contribution in [0.25, 0.3) is 49.4 Å². The van der Waals surface area contributed by atoms with Crippen molar-refractivity contribution in [2.24, 2.45) is 0 Å². The average molecular weight is 634 g/mol. The molecule has 0 spiro atoms. The van der Waals surface area contributed by atoms with E-state index in [2.05, 4.69) is 152 Å². The first-order valence-corrected chi connectivity index (χ1v) is 16.8. The Hall–Kier alpha value is -5.10. The Balaban J connectivity index is 1.04. The van der Waals surface area contributed by atoms with Crippen molar-refractivity contribution < 1.29 is 10.2 Å². The highest BCUT2D eigenvalue weighted by Gasteiger charge is 2.18. The molecular weight excluding hydrogens is 590 g/mol. The Morgan fingerprint density at radius 2 is 1.12 bits per heavy atom. The maximum Gasteiger partial charge on any atom is 0.142 e. The van der Waals surface area contributed by atoms with Crippen molar-refractivity contribution in [3.05, 3.63) is 138 Å². The second-order valence-electron chi connectivity index (χ2n) is 13.3. The van der Waals surface area contributed by atoms with E-state index < -0.39 is 0 Å². The summed E-state index contributed by atoms with van der Waals surface area (Å²) in [5.74, 6) is 0.695. The molecule has 1 aromatic heterocycles. The van der Waals surface area contributed by atoms with Gasteiger partial charge in [-0.05, 0) is 91.7 Å². The van der Waals surface area contributed by atoms with Gasteiger partial charge in [0.25, 0.3) is 0 Å². The fourth-order valence-corrected chi connectivity index (χ4v) is 7.15. The number of aromatic hydroxyl groups is 2. The lowest BCUT2D eigenvalue weighted by atomic mass is 9.94. The second kappa shape index (κ2) is 13.2. The average Bonchev–Trinajstić information content (AvgIpc) is 3.43. The van der Waals surface area contributed by atoms with Crippen molar-refractivity contribution >= 4 is 32.6 Å². The van der Waals surface area contributed by atoms with Gasteiger partial charge in [-0.1, -0.05) is 91.0 Å². The minimum absolute atomic E-state index is 0.342. The lowest BCUT2D eigenvalue weighted by Gasteiger charge is -2.23. The van der Waals surface area contributed by atoms with E-state index in [1.54, 1.807) is 0 Å². The highest BCUT2D eigenvalue weighted by Crippen LogP contribution is 2.39. The number of aryl methyl sites for hydroxylation is 2. The van der Waals surface area contributed by atoms with E-state index in [0.29, 0.717) is 18.0 Å². The number of fused-ring (bicyclic) bond motifs is 4. The summed E-state index contributed by atoms with van der Waals surface area (Å²) in [5.41, 5.74) is 9.10. The predicted octanol–water partition coefficient (Wildman–Crippen LogP) is 9.24. The van der Waals surface area contributed by atoms with Crippen molar-refractivity contribution in [3.8, 4) is 28.3 Å². The molecule has 5 nitrogen and oxygen atoms in total. The Kier molecular flexibility index (Phi) is 8.65. The smallest absolute Gasteiger partial charge is 0.142 e. The van der Waals surface area contributed by atoms with E-state index in [9.17, 15) is 10.2 Å². The van der Waals surface area contributed by atoms with Crippen molar-refractivity contribution in [3.63, 3.8) is 0 Å². The molecule has 7 rings (SSSR count). The van der Waals surface area contributed by atoms with Crippen LogP contribution in [0.3, 0.4) is 0 Å². The lowest BCUT2D eigenvalue weighted by molar-refractivity contribution is 0.251. The molecular formula is C43H43N3O2. The van der Waals surface area contributed by atoms with Gasteiger partial charge in [-0.15, -0.1) is 0 Å². The monoisotopic (exact) mass is 633 g/mol. The standard InChI is InChI=1S/C43H43N3O2/c1-29-25-33(42(47)38(26-29)35-17-11-13-31-12-5-6-14-34(31)35)28-45(4)23-22-44(3)21-20-32-24-30(2)27-41(43(32)48)46-39-18-9-7-15-36(39)37-16-8-10-19-40(37)46/h5-19,24-27,47-48H,20-23,28H2,1-4H3. The third-order valence-electron chi connectivity index (χ3n) is 9.61. The van der Waals surface area contributed by atoms with Gasteiger partial charge in [0, 0.05) is 48.1 Å². The number of benzene rings is 6. The minimum Gasteiger partial charge on any atom is -0.507 e. The van der Waals surface area contributed by atoms with Gasteiger partial charge in [0.1, 0.15) is 11.5 Å². The molecule has 0 fully saturated rings. The Labute approximate surface area is 282 Å². The topological polar surface area (TPSA) is 51.9 Å². The Morgan fingerprint density at radius 1 is 0.542 bits per heavy atom. The summed E-state index contributed by atoms with van der Waals surface area (Å²) < 4.78 is 2.20. The van der Waals surface area contributed by atoms with Gasteiger partial charge < -0.3 is 24.6 Å². The van der Waals surface area contributed by atoms with Crippen molar-refractivity contribution in [2.75, 3.05) is 33.7 Å². The number of hydrogen-bond acceptors (Lipinski definition) is 4. The third kappa shape index (κ3) is 6.03. The van der Waals surface area contributed by atoms with Crippen LogP contribution in [0.15, 0.2) is 115 Å². The van der Waals surface area contributed by atoms with Crippen LogP contribution in [0.4, 0.5) is 0 Å². The summed E-state index contributed by atoms with van der Waals surface area (Å²) in [4.78, 5) is 4.58. The summed E-state index contributed by atoms with van der Waals surface area (Å²) in [6.45, 7) is 7.38. The van der Waals surface area contributed by atoms with E-state index in [1.807, 2.05) is 6.07 Å². The van der Waals surface area contributed by atoms with Crippen molar-refractivity contribution in [1.29, 1.82) is 0 Å². The largest absolute Gasteiger partial charge is 0.507 e. The zero-order valence-corrected chi connectivity index (χ0v) is 28.2. The summed E-state index contributed by atoms with van der Waals surface area (Å²) in [7, 11) is 4.24. The number of rotatable bonds is 10. The summed E-state index contributed by atoms with van der Waals surface area (Å²) >= 11 is 0. The van der Waals surface area contributed by atoms with E-state index in [4.69, 9.17) is 0 Å². The Morgan fingerprint density at radius 3 is 1.85 bits per heavy atom. The molecule has 0 unspecified atom stereocenters. The van der Waals surface area contributed by atoms with Crippen LogP contribution in [0.1, 0.15) is 22.3 Å². The highest BCUT2D eigenvalue weighted by atomic mass is 16.3. The molecule has 48 heavy (non-hydrogen) atoms. The number of hydrogen-bond donors (Lipinski definition) is 2. The summed E-state index contributed by atoms with van der Waals surface area (Å²) in [6, 6.07) is 39.8. The van der Waals surface area contributed by atoms with Gasteiger partial charge in [0.2, 0.25) is 0 Å². The van der Waals surface area contributed by atoms with Gasteiger partial charge in [-0.3, -0.25) is 0 Å². The molecule has 0 aliphatic heterocycles. The molecule has 5 heteroatoms. The van der Waals surface area contributed by atoms with Crippen LogP contribution < -0.4 is 0 Å². The molecule has 0 aliphatic rings. The molecule has 0 amide bonds. The zero-order valence-electron chi connectivity index (χ0n) is 28.2. The number of likely N-dealkylation sites (N-methyl/N-ethyl adjacent to an activating group) is 2. The molecule has 242 valence electrons. The van der Waals surface area contributed by atoms with Crippen LogP contribution in [-0.4, -0.2) is 58.3 Å². The van der Waals surface area contributed by atoms with Crippen molar-refractivity contribution in [1.82, 2.24) is 14.4 Å². The van der Waals surface area contributed by atoms with Gasteiger partial charge in [0.05, 0.1) is 16.7 Å². The minimum atomic E-state index is 0.342.